The van der Waals surface area contributed by atoms with Gasteiger partial charge in [0.15, 0.2) is 11.5 Å². The monoisotopic (exact) mass is 270 g/mol. The Labute approximate surface area is 96.5 Å². The van der Waals surface area contributed by atoms with Gasteiger partial charge in [-0.15, -0.1) is 0 Å². The molecule has 3 rings (SSSR count). The van der Waals surface area contributed by atoms with Gasteiger partial charge in [0.25, 0.3) is 0 Å². The highest BCUT2D eigenvalue weighted by atomic mass is 79.9. The van der Waals surface area contributed by atoms with Crippen molar-refractivity contribution in [2.45, 2.75) is 19.4 Å². The standard InChI is InChI=1S/C11H11BrO3/c1-6-10-7(2-3-13-6)8(12)4-9-11(10)15-5-14-9/h4,6H,2-3,5H2,1H3. The minimum absolute atomic E-state index is 0.0849. The molecule has 1 atom stereocenters. The van der Waals surface area contributed by atoms with Gasteiger partial charge >= 0.3 is 0 Å². The first-order valence-electron chi connectivity index (χ1n) is 5.00. The molecule has 0 aliphatic carbocycles. The number of fused-ring (bicyclic) bond motifs is 3. The molecule has 2 aliphatic heterocycles. The molecule has 0 amide bonds. The number of benzene rings is 1. The number of ether oxygens (including phenoxy) is 3. The largest absolute Gasteiger partial charge is 0.454 e. The highest BCUT2D eigenvalue weighted by Crippen LogP contribution is 2.46. The number of halogens is 1. The van der Waals surface area contributed by atoms with Crippen molar-refractivity contribution in [2.24, 2.45) is 0 Å². The maximum atomic E-state index is 5.63. The van der Waals surface area contributed by atoms with Crippen molar-refractivity contribution >= 4 is 15.9 Å². The van der Waals surface area contributed by atoms with E-state index in [0.29, 0.717) is 6.79 Å². The highest BCUT2D eigenvalue weighted by molar-refractivity contribution is 9.10. The Morgan fingerprint density at radius 2 is 2.27 bits per heavy atom. The van der Waals surface area contributed by atoms with Crippen molar-refractivity contribution in [1.82, 2.24) is 0 Å². The van der Waals surface area contributed by atoms with Crippen molar-refractivity contribution in [3.05, 3.63) is 21.7 Å². The van der Waals surface area contributed by atoms with Crippen molar-refractivity contribution in [2.75, 3.05) is 13.4 Å². The van der Waals surface area contributed by atoms with E-state index in [1.165, 1.54) is 5.56 Å². The smallest absolute Gasteiger partial charge is 0.231 e. The molecule has 4 heteroatoms. The Hall–Kier alpha value is -0.740. The average Bonchev–Trinajstić information content (AvgIpc) is 2.66. The molecule has 1 unspecified atom stereocenters. The van der Waals surface area contributed by atoms with Crippen LogP contribution in [-0.4, -0.2) is 13.4 Å². The van der Waals surface area contributed by atoms with Gasteiger partial charge in [-0.1, -0.05) is 15.9 Å². The Bertz CT molecular complexity index is 413. The molecule has 0 spiro atoms. The molecule has 3 nitrogen and oxygen atoms in total. The van der Waals surface area contributed by atoms with Crippen molar-refractivity contribution in [1.29, 1.82) is 0 Å². The molecule has 0 fully saturated rings. The first kappa shape index (κ1) is 9.48. The average molecular weight is 271 g/mol. The van der Waals surface area contributed by atoms with Crippen LogP contribution in [0.2, 0.25) is 0 Å². The molecular weight excluding hydrogens is 260 g/mol. The molecule has 2 heterocycles. The van der Waals surface area contributed by atoms with E-state index >= 15 is 0 Å². The van der Waals surface area contributed by atoms with Gasteiger partial charge in [-0.2, -0.15) is 0 Å². The van der Waals surface area contributed by atoms with Crippen LogP contribution >= 0.6 is 15.9 Å². The fourth-order valence-corrected chi connectivity index (χ4v) is 2.80. The minimum Gasteiger partial charge on any atom is -0.454 e. The molecule has 0 N–H and O–H groups in total. The summed E-state index contributed by atoms with van der Waals surface area (Å²) in [5, 5.41) is 0. The lowest BCUT2D eigenvalue weighted by atomic mass is 9.97. The van der Waals surface area contributed by atoms with E-state index in [2.05, 4.69) is 15.9 Å². The second kappa shape index (κ2) is 3.39. The van der Waals surface area contributed by atoms with E-state index in [1.54, 1.807) is 0 Å². The van der Waals surface area contributed by atoms with E-state index in [9.17, 15) is 0 Å². The van der Waals surface area contributed by atoms with E-state index in [0.717, 1.165) is 34.6 Å². The predicted molar refractivity (Wildman–Crippen MR) is 58.3 cm³/mol. The third-order valence-corrected chi connectivity index (χ3v) is 3.59. The van der Waals surface area contributed by atoms with Gasteiger partial charge < -0.3 is 14.2 Å². The van der Waals surface area contributed by atoms with Crippen molar-refractivity contribution in [3.8, 4) is 11.5 Å². The summed E-state index contributed by atoms with van der Waals surface area (Å²) in [4.78, 5) is 0. The van der Waals surface area contributed by atoms with E-state index in [-0.39, 0.29) is 6.10 Å². The van der Waals surface area contributed by atoms with Crippen molar-refractivity contribution in [3.63, 3.8) is 0 Å². The van der Waals surface area contributed by atoms with Gasteiger partial charge in [-0.25, -0.2) is 0 Å². The predicted octanol–water partition coefficient (Wildman–Crippen LogP) is 2.81. The lowest BCUT2D eigenvalue weighted by Gasteiger charge is -2.25. The molecule has 0 radical (unpaired) electrons. The number of hydrogen-bond acceptors (Lipinski definition) is 3. The van der Waals surface area contributed by atoms with Crippen LogP contribution in [0.3, 0.4) is 0 Å². The molecule has 0 aromatic heterocycles. The van der Waals surface area contributed by atoms with E-state index in [4.69, 9.17) is 14.2 Å². The van der Waals surface area contributed by atoms with Crippen LogP contribution in [0.4, 0.5) is 0 Å². The maximum absolute atomic E-state index is 5.63. The lowest BCUT2D eigenvalue weighted by molar-refractivity contribution is 0.0527. The fraction of sp³-hybridized carbons (Fsp3) is 0.455. The van der Waals surface area contributed by atoms with Crippen LogP contribution in [0, 0.1) is 0 Å². The topological polar surface area (TPSA) is 27.7 Å². The zero-order chi connectivity index (χ0) is 10.4. The minimum atomic E-state index is 0.0849. The molecular formula is C11H11BrO3. The summed E-state index contributed by atoms with van der Waals surface area (Å²) in [5.41, 5.74) is 2.43. The normalized spacial score (nSPS) is 22.7. The Morgan fingerprint density at radius 3 is 3.13 bits per heavy atom. The molecule has 0 bridgehead atoms. The number of rotatable bonds is 0. The summed E-state index contributed by atoms with van der Waals surface area (Å²) in [6.07, 6.45) is 1.01. The van der Waals surface area contributed by atoms with Crippen LogP contribution in [0.15, 0.2) is 10.5 Å². The summed E-state index contributed by atoms with van der Waals surface area (Å²) in [5.74, 6) is 1.68. The fourth-order valence-electron chi connectivity index (χ4n) is 2.18. The summed E-state index contributed by atoms with van der Waals surface area (Å²) in [6, 6.07) is 1.99. The molecule has 2 aliphatic rings. The number of hydrogen-bond donors (Lipinski definition) is 0. The summed E-state index contributed by atoms with van der Waals surface area (Å²) in [6.45, 7) is 3.13. The molecule has 15 heavy (non-hydrogen) atoms. The zero-order valence-corrected chi connectivity index (χ0v) is 9.96. The molecule has 80 valence electrons. The third-order valence-electron chi connectivity index (χ3n) is 2.88. The molecule has 1 aromatic carbocycles. The van der Waals surface area contributed by atoms with Crippen LogP contribution in [-0.2, 0) is 11.2 Å². The summed E-state index contributed by atoms with van der Waals surface area (Å²) in [7, 11) is 0. The van der Waals surface area contributed by atoms with Crippen LogP contribution in [0.5, 0.6) is 11.5 Å². The van der Waals surface area contributed by atoms with Crippen LogP contribution < -0.4 is 9.47 Å². The summed E-state index contributed by atoms with van der Waals surface area (Å²) < 4.78 is 17.6. The molecule has 0 saturated heterocycles. The van der Waals surface area contributed by atoms with Crippen LogP contribution in [0.1, 0.15) is 24.2 Å². The van der Waals surface area contributed by atoms with Gasteiger partial charge in [-0.3, -0.25) is 0 Å². The van der Waals surface area contributed by atoms with Gasteiger partial charge in [0, 0.05) is 10.0 Å². The first-order chi connectivity index (χ1) is 7.27. The Balaban J connectivity index is 2.25. The second-order valence-electron chi connectivity index (χ2n) is 3.75. The maximum Gasteiger partial charge on any atom is 0.231 e. The quantitative estimate of drug-likeness (QED) is 0.726. The zero-order valence-electron chi connectivity index (χ0n) is 8.38. The molecule has 0 saturated carbocycles. The lowest BCUT2D eigenvalue weighted by Crippen LogP contribution is -2.15. The van der Waals surface area contributed by atoms with Crippen molar-refractivity contribution < 1.29 is 14.2 Å². The third kappa shape index (κ3) is 1.35. The highest BCUT2D eigenvalue weighted by Gasteiger charge is 2.29. The SMILES string of the molecule is CC1OCCc2c(Br)cc3c(c21)OCO3. The van der Waals surface area contributed by atoms with E-state index < -0.39 is 0 Å². The van der Waals surface area contributed by atoms with Crippen LogP contribution in [0.25, 0.3) is 0 Å². The second-order valence-corrected chi connectivity index (χ2v) is 4.60. The van der Waals surface area contributed by atoms with E-state index in [1.807, 2.05) is 13.0 Å². The van der Waals surface area contributed by atoms with Gasteiger partial charge in [-0.05, 0) is 25.0 Å². The van der Waals surface area contributed by atoms with Gasteiger partial charge in [0.2, 0.25) is 6.79 Å². The van der Waals surface area contributed by atoms with Gasteiger partial charge in [0.05, 0.1) is 12.7 Å². The first-order valence-corrected chi connectivity index (χ1v) is 5.79. The Kier molecular flexibility index (Phi) is 2.14. The molecule has 1 aromatic rings. The summed E-state index contributed by atoms with van der Waals surface area (Å²) >= 11 is 3.57. The Morgan fingerprint density at radius 1 is 1.40 bits per heavy atom. The van der Waals surface area contributed by atoms with Gasteiger partial charge in [0.1, 0.15) is 0 Å².